The van der Waals surface area contributed by atoms with Gasteiger partial charge in [0.2, 0.25) is 9.84 Å². The molecular weight excluding hydrogens is 432 g/mol. The highest BCUT2D eigenvalue weighted by molar-refractivity contribution is 7.91. The third-order valence-electron chi connectivity index (χ3n) is 4.97. The van der Waals surface area contributed by atoms with Crippen molar-refractivity contribution in [3.8, 4) is 23.0 Å². The van der Waals surface area contributed by atoms with Crippen molar-refractivity contribution >= 4 is 22.0 Å². The smallest absolute Gasteiger partial charge is 0.206 e. The summed E-state index contributed by atoms with van der Waals surface area (Å²) < 4.78 is 37.6. The largest absolute Gasteiger partial charge is 0.457 e. The SMILES string of the molecule is C=Cc1ccc(Oc2ccc(S(=O)(=O)c3ccc(Oc4ccc(C=C)cc4)cc3)cc2)cc1. The lowest BCUT2D eigenvalue weighted by Crippen LogP contribution is -2.01. The van der Waals surface area contributed by atoms with Crippen molar-refractivity contribution in [2.45, 2.75) is 9.79 Å². The summed E-state index contributed by atoms with van der Waals surface area (Å²) in [5.41, 5.74) is 1.98. The van der Waals surface area contributed by atoms with E-state index in [1.807, 2.05) is 48.5 Å². The van der Waals surface area contributed by atoms with Crippen molar-refractivity contribution < 1.29 is 17.9 Å². The standard InChI is InChI=1S/C28H22O4S/c1-3-21-5-9-23(10-6-21)31-25-13-17-27(18-14-25)33(29,30)28-19-15-26(16-20-28)32-24-11-7-22(4-2)8-12-24/h3-20H,1-2H2. The van der Waals surface area contributed by atoms with Crippen LogP contribution in [0.1, 0.15) is 11.1 Å². The minimum absolute atomic E-state index is 0.186. The molecule has 4 aromatic rings. The van der Waals surface area contributed by atoms with Crippen molar-refractivity contribution in [3.05, 3.63) is 121 Å². The summed E-state index contributed by atoms with van der Waals surface area (Å²) in [4.78, 5) is 0.371. The van der Waals surface area contributed by atoms with E-state index >= 15 is 0 Å². The van der Waals surface area contributed by atoms with E-state index in [0.29, 0.717) is 23.0 Å². The van der Waals surface area contributed by atoms with E-state index in [1.165, 1.54) is 24.3 Å². The van der Waals surface area contributed by atoms with E-state index in [1.54, 1.807) is 36.4 Å². The van der Waals surface area contributed by atoms with Gasteiger partial charge in [-0.2, -0.15) is 0 Å². The molecular formula is C28H22O4S. The maximum absolute atomic E-state index is 13.0. The molecule has 0 radical (unpaired) electrons. The first kappa shape index (κ1) is 22.1. The molecule has 4 rings (SSSR count). The van der Waals surface area contributed by atoms with Crippen LogP contribution < -0.4 is 9.47 Å². The molecule has 0 aromatic heterocycles. The predicted molar refractivity (Wildman–Crippen MR) is 132 cm³/mol. The Balaban J connectivity index is 1.46. The van der Waals surface area contributed by atoms with Crippen LogP contribution in [-0.4, -0.2) is 8.42 Å². The minimum atomic E-state index is -3.67. The topological polar surface area (TPSA) is 52.6 Å². The average Bonchev–Trinajstić information content (AvgIpc) is 2.86. The van der Waals surface area contributed by atoms with Crippen LogP contribution in [0.2, 0.25) is 0 Å². The van der Waals surface area contributed by atoms with E-state index in [2.05, 4.69) is 13.2 Å². The number of sulfone groups is 1. The molecule has 0 heterocycles. The number of benzene rings is 4. The van der Waals surface area contributed by atoms with E-state index in [9.17, 15) is 8.42 Å². The predicted octanol–water partition coefficient (Wildman–Crippen LogP) is 7.39. The van der Waals surface area contributed by atoms with Crippen LogP contribution in [0.15, 0.2) is 120 Å². The Bertz CT molecular complexity index is 1250. The van der Waals surface area contributed by atoms with Crippen LogP contribution in [-0.2, 0) is 9.84 Å². The monoisotopic (exact) mass is 454 g/mol. The lowest BCUT2D eigenvalue weighted by molar-refractivity contribution is 0.482. The third-order valence-corrected chi connectivity index (χ3v) is 6.76. The first-order valence-electron chi connectivity index (χ1n) is 10.2. The zero-order valence-electron chi connectivity index (χ0n) is 17.8. The zero-order valence-corrected chi connectivity index (χ0v) is 18.7. The summed E-state index contributed by atoms with van der Waals surface area (Å²) in [6.45, 7) is 7.45. The van der Waals surface area contributed by atoms with Crippen LogP contribution in [0.5, 0.6) is 23.0 Å². The summed E-state index contributed by atoms with van der Waals surface area (Å²) in [6.07, 6.45) is 3.51. The number of hydrogen-bond acceptors (Lipinski definition) is 4. The van der Waals surface area contributed by atoms with Gasteiger partial charge < -0.3 is 9.47 Å². The van der Waals surface area contributed by atoms with Crippen molar-refractivity contribution in [2.24, 2.45) is 0 Å². The summed E-state index contributed by atoms with van der Waals surface area (Å²) >= 11 is 0. The highest BCUT2D eigenvalue weighted by Crippen LogP contribution is 2.28. The Morgan fingerprint density at radius 1 is 0.485 bits per heavy atom. The number of rotatable bonds is 8. The first-order chi connectivity index (χ1) is 16.0. The maximum atomic E-state index is 13.0. The van der Waals surface area contributed by atoms with E-state index in [-0.39, 0.29) is 9.79 Å². The van der Waals surface area contributed by atoms with Crippen LogP contribution >= 0.6 is 0 Å². The molecule has 164 valence electrons. The minimum Gasteiger partial charge on any atom is -0.457 e. The normalized spacial score (nSPS) is 10.9. The molecule has 0 unspecified atom stereocenters. The molecule has 4 aromatic carbocycles. The summed E-state index contributed by atoms with van der Waals surface area (Å²) in [5, 5.41) is 0. The Kier molecular flexibility index (Phi) is 6.43. The number of hydrogen-bond donors (Lipinski definition) is 0. The Morgan fingerprint density at radius 2 is 0.758 bits per heavy atom. The molecule has 0 spiro atoms. The molecule has 4 nitrogen and oxygen atoms in total. The summed E-state index contributed by atoms with van der Waals surface area (Å²) in [6, 6.07) is 27.6. The van der Waals surface area contributed by atoms with Crippen molar-refractivity contribution in [2.75, 3.05) is 0 Å². The van der Waals surface area contributed by atoms with Gasteiger partial charge in [0.1, 0.15) is 23.0 Å². The maximum Gasteiger partial charge on any atom is 0.206 e. The lowest BCUT2D eigenvalue weighted by Gasteiger charge is -2.09. The van der Waals surface area contributed by atoms with Gasteiger partial charge in [-0.05, 0) is 83.9 Å². The first-order valence-corrected chi connectivity index (χ1v) is 11.7. The Morgan fingerprint density at radius 3 is 1.03 bits per heavy atom. The van der Waals surface area contributed by atoms with Gasteiger partial charge in [-0.1, -0.05) is 49.6 Å². The lowest BCUT2D eigenvalue weighted by atomic mass is 10.2. The fourth-order valence-electron chi connectivity index (χ4n) is 3.13. The molecule has 0 aliphatic heterocycles. The molecule has 0 fully saturated rings. The van der Waals surface area contributed by atoms with Crippen molar-refractivity contribution in [1.29, 1.82) is 0 Å². The second kappa shape index (κ2) is 9.59. The molecule has 0 atom stereocenters. The number of ether oxygens (including phenoxy) is 2. The molecule has 0 aliphatic rings. The molecule has 0 saturated carbocycles. The molecule has 5 heteroatoms. The highest BCUT2D eigenvalue weighted by atomic mass is 32.2. The zero-order chi connectivity index (χ0) is 23.3. The highest BCUT2D eigenvalue weighted by Gasteiger charge is 2.18. The van der Waals surface area contributed by atoms with Gasteiger partial charge in [0.05, 0.1) is 9.79 Å². The van der Waals surface area contributed by atoms with Crippen molar-refractivity contribution in [3.63, 3.8) is 0 Å². The summed E-state index contributed by atoms with van der Waals surface area (Å²) in [5.74, 6) is 2.41. The van der Waals surface area contributed by atoms with Gasteiger partial charge in [-0.15, -0.1) is 0 Å². The van der Waals surface area contributed by atoms with Crippen LogP contribution in [0.3, 0.4) is 0 Å². The fourth-order valence-corrected chi connectivity index (χ4v) is 4.39. The molecule has 0 aliphatic carbocycles. The van der Waals surface area contributed by atoms with Gasteiger partial charge in [0.15, 0.2) is 0 Å². The van der Waals surface area contributed by atoms with Gasteiger partial charge in [-0.3, -0.25) is 0 Å². The molecule has 33 heavy (non-hydrogen) atoms. The second-order valence-electron chi connectivity index (χ2n) is 7.20. The van der Waals surface area contributed by atoms with Crippen molar-refractivity contribution in [1.82, 2.24) is 0 Å². The van der Waals surface area contributed by atoms with Crippen LogP contribution in [0.25, 0.3) is 12.2 Å². The molecule has 0 N–H and O–H groups in total. The average molecular weight is 455 g/mol. The van der Waals surface area contributed by atoms with Crippen LogP contribution in [0, 0.1) is 0 Å². The van der Waals surface area contributed by atoms with Gasteiger partial charge in [0.25, 0.3) is 0 Å². The summed E-state index contributed by atoms with van der Waals surface area (Å²) in [7, 11) is -3.67. The van der Waals surface area contributed by atoms with E-state index in [0.717, 1.165) is 11.1 Å². The molecule has 0 amide bonds. The van der Waals surface area contributed by atoms with Crippen LogP contribution in [0.4, 0.5) is 0 Å². The Hall–Kier alpha value is -4.09. The van der Waals surface area contributed by atoms with Gasteiger partial charge >= 0.3 is 0 Å². The van der Waals surface area contributed by atoms with Gasteiger partial charge in [0, 0.05) is 0 Å². The van der Waals surface area contributed by atoms with Gasteiger partial charge in [-0.25, -0.2) is 8.42 Å². The third kappa shape index (κ3) is 5.22. The fraction of sp³-hybridized carbons (Fsp3) is 0. The molecule has 0 bridgehead atoms. The van der Waals surface area contributed by atoms with E-state index < -0.39 is 9.84 Å². The quantitative estimate of drug-likeness (QED) is 0.278. The van der Waals surface area contributed by atoms with E-state index in [4.69, 9.17) is 9.47 Å². The Labute approximate surface area is 194 Å². The second-order valence-corrected chi connectivity index (χ2v) is 9.15. The molecule has 0 saturated heterocycles.